The topological polar surface area (TPSA) is 43.4 Å². The van der Waals surface area contributed by atoms with Crippen molar-refractivity contribution in [1.82, 2.24) is 0 Å². The summed E-state index contributed by atoms with van der Waals surface area (Å²) in [6, 6.07) is 0. The second-order valence-corrected chi connectivity index (χ2v) is 6.28. The molecule has 0 bridgehead atoms. The van der Waals surface area contributed by atoms with Crippen LogP contribution >= 0.6 is 0 Å². The molecular formula is C17H32O3. The van der Waals surface area contributed by atoms with Crippen LogP contribution in [0.4, 0.5) is 0 Å². The van der Waals surface area contributed by atoms with Crippen molar-refractivity contribution in [1.29, 1.82) is 0 Å². The maximum Gasteiger partial charge on any atom is 0.309 e. The average Bonchev–Trinajstić information content (AvgIpc) is 2.38. The van der Waals surface area contributed by atoms with Gasteiger partial charge in [-0.25, -0.2) is 0 Å². The first-order chi connectivity index (χ1) is 9.36. The Kier molecular flexibility index (Phi) is 9.52. The molecule has 0 aromatic carbocycles. The summed E-state index contributed by atoms with van der Waals surface area (Å²) in [6.45, 7) is 12.5. The van der Waals surface area contributed by atoms with E-state index >= 15 is 0 Å². The molecular weight excluding hydrogens is 252 g/mol. The van der Waals surface area contributed by atoms with Crippen molar-refractivity contribution in [3.8, 4) is 0 Å². The molecule has 0 saturated heterocycles. The Bertz CT molecular complexity index is 265. The van der Waals surface area contributed by atoms with Crippen molar-refractivity contribution >= 4 is 11.8 Å². The molecule has 0 aromatic rings. The number of esters is 1. The van der Waals surface area contributed by atoms with Crippen LogP contribution in [0.15, 0.2) is 0 Å². The molecule has 2 atom stereocenters. The highest BCUT2D eigenvalue weighted by Crippen LogP contribution is 2.31. The van der Waals surface area contributed by atoms with Gasteiger partial charge in [0.05, 0.1) is 12.5 Å². The minimum atomic E-state index is -0.314. The Morgan fingerprint density at radius 2 is 1.45 bits per heavy atom. The molecule has 118 valence electrons. The normalized spacial score (nSPS) is 14.4. The predicted molar refractivity (Wildman–Crippen MR) is 82.4 cm³/mol. The van der Waals surface area contributed by atoms with Gasteiger partial charge in [0, 0.05) is 12.3 Å². The maximum atomic E-state index is 12.5. The molecule has 0 amide bonds. The fraction of sp³-hybridized carbons (Fsp3) is 0.882. The highest BCUT2D eigenvalue weighted by Gasteiger charge is 2.38. The summed E-state index contributed by atoms with van der Waals surface area (Å²) in [5.74, 6) is -0.227. The second-order valence-electron chi connectivity index (χ2n) is 6.28. The molecule has 20 heavy (non-hydrogen) atoms. The van der Waals surface area contributed by atoms with E-state index in [-0.39, 0.29) is 35.4 Å². The molecule has 0 radical (unpaired) electrons. The van der Waals surface area contributed by atoms with Crippen molar-refractivity contribution in [3.05, 3.63) is 0 Å². The van der Waals surface area contributed by atoms with Crippen molar-refractivity contribution < 1.29 is 14.3 Å². The van der Waals surface area contributed by atoms with Crippen LogP contribution < -0.4 is 0 Å². The zero-order chi connectivity index (χ0) is 15.7. The third kappa shape index (κ3) is 6.06. The first kappa shape index (κ1) is 19.1. The van der Waals surface area contributed by atoms with Crippen LogP contribution in [0.2, 0.25) is 0 Å². The molecule has 0 aliphatic carbocycles. The zero-order valence-electron chi connectivity index (χ0n) is 14.1. The number of carbonyl (C=O) groups is 2. The number of rotatable bonds is 10. The second kappa shape index (κ2) is 9.95. The van der Waals surface area contributed by atoms with Crippen LogP contribution in [0, 0.1) is 23.7 Å². The lowest BCUT2D eigenvalue weighted by molar-refractivity contribution is -0.156. The van der Waals surface area contributed by atoms with E-state index in [1.165, 1.54) is 0 Å². The Morgan fingerprint density at radius 1 is 0.900 bits per heavy atom. The molecule has 0 fully saturated rings. The van der Waals surface area contributed by atoms with Crippen LogP contribution in [0.25, 0.3) is 0 Å². The summed E-state index contributed by atoms with van der Waals surface area (Å²) in [7, 11) is 0. The third-order valence-electron chi connectivity index (χ3n) is 3.69. The molecule has 0 spiro atoms. The smallest absolute Gasteiger partial charge is 0.309 e. The van der Waals surface area contributed by atoms with Gasteiger partial charge in [-0.3, -0.25) is 9.59 Å². The Balaban J connectivity index is 5.04. The maximum absolute atomic E-state index is 12.5. The van der Waals surface area contributed by atoms with Crippen LogP contribution in [-0.2, 0) is 14.3 Å². The molecule has 0 saturated carbocycles. The monoisotopic (exact) mass is 284 g/mol. The van der Waals surface area contributed by atoms with Gasteiger partial charge in [-0.15, -0.1) is 0 Å². The Morgan fingerprint density at radius 3 is 1.85 bits per heavy atom. The lowest BCUT2D eigenvalue weighted by Crippen LogP contribution is -2.38. The van der Waals surface area contributed by atoms with Crippen molar-refractivity contribution in [2.75, 3.05) is 6.61 Å². The first-order valence-corrected chi connectivity index (χ1v) is 8.06. The van der Waals surface area contributed by atoms with E-state index in [1.807, 2.05) is 34.6 Å². The van der Waals surface area contributed by atoms with Crippen LogP contribution in [0.3, 0.4) is 0 Å². The molecule has 3 nitrogen and oxygen atoms in total. The van der Waals surface area contributed by atoms with E-state index < -0.39 is 0 Å². The van der Waals surface area contributed by atoms with Gasteiger partial charge in [0.25, 0.3) is 0 Å². The fourth-order valence-corrected chi connectivity index (χ4v) is 2.64. The summed E-state index contributed by atoms with van der Waals surface area (Å²) < 4.78 is 5.31. The van der Waals surface area contributed by atoms with E-state index in [0.717, 1.165) is 19.3 Å². The third-order valence-corrected chi connectivity index (χ3v) is 3.69. The summed E-state index contributed by atoms with van der Waals surface area (Å²) in [6.07, 6.45) is 3.29. The van der Waals surface area contributed by atoms with Gasteiger partial charge in [-0.1, -0.05) is 48.0 Å². The Hall–Kier alpha value is -0.860. The molecule has 0 aliphatic rings. The van der Waals surface area contributed by atoms with E-state index in [9.17, 15) is 9.59 Å². The molecule has 0 aromatic heterocycles. The standard InChI is InChI=1S/C17H32O3/c1-7-9-10-14(18)15(12(3)4)16(13(5)6)17(19)20-11-8-2/h12-13,15-16H,7-11H2,1-6H3. The van der Waals surface area contributed by atoms with Gasteiger partial charge in [-0.05, 0) is 24.7 Å². The van der Waals surface area contributed by atoms with Gasteiger partial charge in [0.2, 0.25) is 0 Å². The van der Waals surface area contributed by atoms with Gasteiger partial charge < -0.3 is 4.74 Å². The number of unbranched alkanes of at least 4 members (excludes halogenated alkanes) is 1. The van der Waals surface area contributed by atoms with Crippen LogP contribution in [0.1, 0.15) is 67.2 Å². The average molecular weight is 284 g/mol. The van der Waals surface area contributed by atoms with Crippen LogP contribution in [0.5, 0.6) is 0 Å². The summed E-state index contributed by atoms with van der Waals surface area (Å²) in [5.41, 5.74) is 0. The highest BCUT2D eigenvalue weighted by molar-refractivity contribution is 5.87. The zero-order valence-corrected chi connectivity index (χ0v) is 14.1. The molecule has 0 heterocycles. The van der Waals surface area contributed by atoms with Gasteiger partial charge >= 0.3 is 5.97 Å². The number of hydrogen-bond donors (Lipinski definition) is 0. The summed E-state index contributed by atoms with van der Waals surface area (Å²) in [4.78, 5) is 24.8. The minimum Gasteiger partial charge on any atom is -0.465 e. The van der Waals surface area contributed by atoms with Gasteiger partial charge in [0.1, 0.15) is 5.78 Å². The summed E-state index contributed by atoms with van der Waals surface area (Å²) >= 11 is 0. The Labute approximate surface area is 124 Å². The van der Waals surface area contributed by atoms with E-state index in [1.54, 1.807) is 0 Å². The molecule has 2 unspecified atom stereocenters. The first-order valence-electron chi connectivity index (χ1n) is 8.06. The lowest BCUT2D eigenvalue weighted by atomic mass is 9.74. The molecule has 0 aliphatic heterocycles. The van der Waals surface area contributed by atoms with Gasteiger partial charge in [0.15, 0.2) is 0 Å². The molecule has 0 N–H and O–H groups in total. The number of ketones is 1. The SMILES string of the molecule is CCCCC(=O)C(C(C)C)C(C(=O)OCCC)C(C)C. The largest absolute Gasteiger partial charge is 0.465 e. The van der Waals surface area contributed by atoms with E-state index in [2.05, 4.69) is 6.92 Å². The molecule has 3 heteroatoms. The van der Waals surface area contributed by atoms with Gasteiger partial charge in [-0.2, -0.15) is 0 Å². The predicted octanol–water partition coefficient (Wildman–Crippen LogP) is 4.24. The quantitative estimate of drug-likeness (QED) is 0.563. The minimum absolute atomic E-state index is 0.123. The highest BCUT2D eigenvalue weighted by atomic mass is 16.5. The number of ether oxygens (including phenoxy) is 1. The van der Waals surface area contributed by atoms with Crippen LogP contribution in [-0.4, -0.2) is 18.4 Å². The van der Waals surface area contributed by atoms with E-state index in [4.69, 9.17) is 4.74 Å². The lowest BCUT2D eigenvalue weighted by Gasteiger charge is -2.30. The van der Waals surface area contributed by atoms with Crippen molar-refractivity contribution in [2.24, 2.45) is 23.7 Å². The number of hydrogen-bond acceptors (Lipinski definition) is 3. The number of Topliss-reactive ketones (excluding diaryl/α,β-unsaturated/α-hetero) is 1. The van der Waals surface area contributed by atoms with Crippen molar-refractivity contribution in [2.45, 2.75) is 67.2 Å². The van der Waals surface area contributed by atoms with E-state index in [0.29, 0.717) is 13.0 Å². The number of carbonyl (C=O) groups excluding carboxylic acids is 2. The molecule has 0 rings (SSSR count). The van der Waals surface area contributed by atoms with Crippen molar-refractivity contribution in [3.63, 3.8) is 0 Å². The summed E-state index contributed by atoms with van der Waals surface area (Å²) in [5, 5.41) is 0. The fourth-order valence-electron chi connectivity index (χ4n) is 2.64.